The van der Waals surface area contributed by atoms with Crippen molar-refractivity contribution in [2.24, 2.45) is 0 Å². The Morgan fingerprint density at radius 2 is 1.55 bits per heavy atom. The van der Waals surface area contributed by atoms with Gasteiger partial charge in [-0.3, -0.25) is 4.57 Å². The van der Waals surface area contributed by atoms with Crippen molar-refractivity contribution in [3.63, 3.8) is 0 Å². The van der Waals surface area contributed by atoms with Gasteiger partial charge in [-0.25, -0.2) is 0 Å². The Labute approximate surface area is 135 Å². The summed E-state index contributed by atoms with van der Waals surface area (Å²) in [6.07, 6.45) is 15.2. The topological polar surface area (TPSA) is 64.0 Å². The molecule has 1 unspecified atom stereocenters. The van der Waals surface area contributed by atoms with E-state index in [1.165, 1.54) is 44.9 Å². The molecule has 1 rings (SSSR count). The normalized spacial score (nSPS) is 16.5. The summed E-state index contributed by atoms with van der Waals surface area (Å²) in [7, 11) is -2.17. The molecule has 6 heteroatoms. The molecule has 1 aliphatic heterocycles. The van der Waals surface area contributed by atoms with E-state index in [-0.39, 0.29) is 0 Å². The minimum atomic E-state index is -4.08. The van der Waals surface area contributed by atoms with Crippen LogP contribution in [0.2, 0.25) is 0 Å². The van der Waals surface area contributed by atoms with E-state index in [4.69, 9.17) is 0 Å². The summed E-state index contributed by atoms with van der Waals surface area (Å²) in [5.41, 5.74) is 0. The van der Waals surface area contributed by atoms with Crippen molar-refractivity contribution in [2.45, 2.75) is 76.9 Å². The highest BCUT2D eigenvalue weighted by molar-refractivity contribution is 7.52. The number of rotatable bonds is 12. The molecule has 0 aliphatic carbocycles. The molecule has 1 aliphatic rings. The zero-order chi connectivity index (χ0) is 16.4. The fourth-order valence-corrected chi connectivity index (χ4v) is 3.97. The second kappa shape index (κ2) is 10.3. The predicted molar refractivity (Wildman–Crippen MR) is 91.3 cm³/mol. The summed E-state index contributed by atoms with van der Waals surface area (Å²) in [5.74, 6) is -0.668. The number of hydrogen-bond acceptors (Lipinski definition) is 3. The third-order valence-corrected chi connectivity index (χ3v) is 5.57. The van der Waals surface area contributed by atoms with E-state index in [0.717, 1.165) is 12.8 Å². The molecular weight excluding hydrogens is 299 g/mol. The second-order valence-electron chi connectivity index (χ2n) is 6.40. The molecule has 0 fully saturated rings. The highest BCUT2D eigenvalue weighted by Gasteiger charge is 2.34. The van der Waals surface area contributed by atoms with Crippen molar-refractivity contribution < 1.29 is 14.4 Å². The van der Waals surface area contributed by atoms with E-state index in [0.29, 0.717) is 13.1 Å². The van der Waals surface area contributed by atoms with Crippen LogP contribution in [0.25, 0.3) is 0 Å². The summed E-state index contributed by atoms with van der Waals surface area (Å²) in [6, 6.07) is 0. The van der Waals surface area contributed by atoms with E-state index < -0.39 is 13.4 Å². The molecule has 22 heavy (non-hydrogen) atoms. The van der Waals surface area contributed by atoms with Crippen LogP contribution in [0.3, 0.4) is 0 Å². The largest absolute Gasteiger partial charge is 0.362 e. The first kappa shape index (κ1) is 19.5. The molecule has 0 spiro atoms. The fraction of sp³-hybridized carbons (Fsp3) is 0.875. The average molecular weight is 332 g/mol. The first-order valence-corrected chi connectivity index (χ1v) is 10.3. The van der Waals surface area contributed by atoms with Crippen molar-refractivity contribution in [1.29, 1.82) is 0 Å². The van der Waals surface area contributed by atoms with Crippen LogP contribution in [0.5, 0.6) is 0 Å². The summed E-state index contributed by atoms with van der Waals surface area (Å²) in [5, 5.41) is 0. The summed E-state index contributed by atoms with van der Waals surface area (Å²) in [4.78, 5) is 22.8. The Balaban J connectivity index is 2.17. The summed E-state index contributed by atoms with van der Waals surface area (Å²) >= 11 is 0. The smallest absolute Gasteiger partial charge is 0.347 e. The third-order valence-electron chi connectivity index (χ3n) is 4.24. The quantitative estimate of drug-likeness (QED) is 0.416. The standard InChI is InChI=1S/C16H33N2O3P/c1-3-4-5-6-7-8-9-10-11-12-16(22(19,20)21)18-14-13-17(2)15-18/h13-14,16H,3-12,15H2,1-2H3,(H2,19,20,21). The van der Waals surface area contributed by atoms with Crippen molar-refractivity contribution in [3.05, 3.63) is 12.4 Å². The van der Waals surface area contributed by atoms with Gasteiger partial charge in [0.15, 0.2) is 0 Å². The highest BCUT2D eigenvalue weighted by atomic mass is 31.2. The van der Waals surface area contributed by atoms with Gasteiger partial charge in [-0.15, -0.1) is 0 Å². The first-order chi connectivity index (χ1) is 10.4. The van der Waals surface area contributed by atoms with Crippen LogP contribution in [0.4, 0.5) is 0 Å². The maximum atomic E-state index is 11.7. The van der Waals surface area contributed by atoms with Gasteiger partial charge < -0.3 is 19.6 Å². The molecule has 0 aromatic heterocycles. The molecule has 0 aromatic rings. The van der Waals surface area contributed by atoms with Crippen LogP contribution in [-0.2, 0) is 4.57 Å². The van der Waals surface area contributed by atoms with Gasteiger partial charge in [-0.2, -0.15) is 0 Å². The Hall–Kier alpha value is -0.510. The molecule has 0 aromatic carbocycles. The Morgan fingerprint density at radius 1 is 1.00 bits per heavy atom. The molecule has 0 saturated heterocycles. The van der Waals surface area contributed by atoms with Crippen LogP contribution in [0, 0.1) is 0 Å². The maximum Gasteiger partial charge on any atom is 0.347 e. The summed E-state index contributed by atoms with van der Waals surface area (Å²) < 4.78 is 11.7. The van der Waals surface area contributed by atoms with Gasteiger partial charge in [0.05, 0.1) is 6.67 Å². The predicted octanol–water partition coefficient (Wildman–Crippen LogP) is 4.09. The lowest BCUT2D eigenvalue weighted by molar-refractivity contribution is 0.229. The molecule has 0 saturated carbocycles. The van der Waals surface area contributed by atoms with Crippen LogP contribution in [-0.4, -0.2) is 39.1 Å². The molecule has 0 radical (unpaired) electrons. The molecule has 1 heterocycles. The zero-order valence-electron chi connectivity index (χ0n) is 14.2. The molecule has 1 atom stereocenters. The van der Waals surface area contributed by atoms with Crippen LogP contribution in [0.15, 0.2) is 12.4 Å². The maximum absolute atomic E-state index is 11.7. The van der Waals surface area contributed by atoms with E-state index in [1.807, 2.05) is 18.1 Å². The van der Waals surface area contributed by atoms with E-state index >= 15 is 0 Å². The van der Waals surface area contributed by atoms with Crippen molar-refractivity contribution in [1.82, 2.24) is 9.80 Å². The number of nitrogens with zero attached hydrogens (tertiary/aromatic N) is 2. The monoisotopic (exact) mass is 332 g/mol. The van der Waals surface area contributed by atoms with Gasteiger partial charge in [0.25, 0.3) is 0 Å². The van der Waals surface area contributed by atoms with Gasteiger partial charge >= 0.3 is 7.60 Å². The van der Waals surface area contributed by atoms with E-state index in [1.54, 1.807) is 11.1 Å². The molecule has 2 N–H and O–H groups in total. The molecular formula is C16H33N2O3P. The van der Waals surface area contributed by atoms with Crippen LogP contribution in [0.1, 0.15) is 71.1 Å². The van der Waals surface area contributed by atoms with Gasteiger partial charge in [-0.05, 0) is 6.42 Å². The van der Waals surface area contributed by atoms with Crippen molar-refractivity contribution in [3.8, 4) is 0 Å². The van der Waals surface area contributed by atoms with Crippen molar-refractivity contribution >= 4 is 7.60 Å². The van der Waals surface area contributed by atoms with Crippen molar-refractivity contribution in [2.75, 3.05) is 13.7 Å². The molecule has 0 bridgehead atoms. The number of unbranched alkanes of at least 4 members (excludes halogenated alkanes) is 8. The van der Waals surface area contributed by atoms with E-state index in [2.05, 4.69) is 6.92 Å². The van der Waals surface area contributed by atoms with Gasteiger partial charge in [0.1, 0.15) is 5.78 Å². The second-order valence-corrected chi connectivity index (χ2v) is 8.17. The average Bonchev–Trinajstić information content (AvgIpc) is 2.85. The van der Waals surface area contributed by atoms with E-state index in [9.17, 15) is 14.4 Å². The lowest BCUT2D eigenvalue weighted by Gasteiger charge is -2.29. The molecule has 5 nitrogen and oxygen atoms in total. The summed E-state index contributed by atoms with van der Waals surface area (Å²) in [6.45, 7) is 2.79. The fourth-order valence-electron chi connectivity index (χ4n) is 2.91. The molecule has 0 amide bonds. The Bertz CT molecular complexity index is 370. The number of hydrogen-bond donors (Lipinski definition) is 2. The van der Waals surface area contributed by atoms with Crippen LogP contribution < -0.4 is 0 Å². The van der Waals surface area contributed by atoms with Gasteiger partial charge in [0, 0.05) is 19.4 Å². The Kier molecular flexibility index (Phi) is 9.15. The first-order valence-electron chi connectivity index (χ1n) is 8.64. The minimum absolute atomic E-state index is 0.563. The Morgan fingerprint density at radius 3 is 2.00 bits per heavy atom. The third kappa shape index (κ3) is 7.66. The lowest BCUT2D eigenvalue weighted by Crippen LogP contribution is -2.32. The van der Waals surface area contributed by atoms with Gasteiger partial charge in [-0.1, -0.05) is 64.7 Å². The van der Waals surface area contributed by atoms with Gasteiger partial charge in [0.2, 0.25) is 0 Å². The highest BCUT2D eigenvalue weighted by Crippen LogP contribution is 2.46. The SMILES string of the molecule is CCCCCCCCCCCC(N1C=CN(C)C1)P(=O)(O)O. The van der Waals surface area contributed by atoms with Crippen LogP contribution >= 0.6 is 7.60 Å². The zero-order valence-corrected chi connectivity index (χ0v) is 15.0. The lowest BCUT2D eigenvalue weighted by atomic mass is 10.1. The molecule has 130 valence electrons. The minimum Gasteiger partial charge on any atom is -0.362 e.